The van der Waals surface area contributed by atoms with Gasteiger partial charge in [0.15, 0.2) is 0 Å². The Kier molecular flexibility index (Phi) is 6.06. The molecule has 0 amide bonds. The van der Waals surface area contributed by atoms with Gasteiger partial charge in [0.1, 0.15) is 0 Å². The van der Waals surface area contributed by atoms with Crippen LogP contribution in [0.1, 0.15) is 38.7 Å². The first kappa shape index (κ1) is 14.0. The summed E-state index contributed by atoms with van der Waals surface area (Å²) in [6, 6.07) is 9.41. The van der Waals surface area contributed by atoms with Crippen molar-refractivity contribution in [2.45, 2.75) is 45.7 Å². The summed E-state index contributed by atoms with van der Waals surface area (Å²) in [7, 11) is 4.20. The first-order valence-electron chi connectivity index (χ1n) is 6.65. The molecule has 0 saturated heterocycles. The van der Waals surface area contributed by atoms with Crippen molar-refractivity contribution in [3.8, 4) is 0 Å². The normalized spacial score (nSPS) is 12.8. The van der Waals surface area contributed by atoms with Crippen molar-refractivity contribution in [2.24, 2.45) is 0 Å². The molecule has 0 spiro atoms. The molecule has 1 unspecified atom stereocenters. The second-order valence-corrected chi connectivity index (χ2v) is 4.97. The van der Waals surface area contributed by atoms with E-state index in [-0.39, 0.29) is 0 Å². The Balaban J connectivity index is 2.54. The molecule has 0 aliphatic rings. The van der Waals surface area contributed by atoms with Gasteiger partial charge in [0, 0.05) is 18.3 Å². The zero-order valence-electron chi connectivity index (χ0n) is 11.7. The molecule has 17 heavy (non-hydrogen) atoms. The van der Waals surface area contributed by atoms with Gasteiger partial charge < -0.3 is 10.2 Å². The second-order valence-electron chi connectivity index (χ2n) is 4.97. The van der Waals surface area contributed by atoms with Crippen molar-refractivity contribution < 1.29 is 0 Å². The van der Waals surface area contributed by atoms with Crippen LogP contribution in [-0.2, 0) is 6.54 Å². The van der Waals surface area contributed by atoms with E-state index < -0.39 is 0 Å². The van der Waals surface area contributed by atoms with Crippen LogP contribution >= 0.6 is 0 Å². The number of hydrogen-bond donors (Lipinski definition) is 1. The minimum absolute atomic E-state index is 0.611. The Hall–Kier alpha value is -1.02. The standard InChI is InChI=1S/C15H26N2/c1-5-7-14(6-2)16-15-10-8-13(9-11-15)12-17(3)4/h8-11,14,16H,5-7,12H2,1-4H3. The average Bonchev–Trinajstić information content (AvgIpc) is 2.30. The van der Waals surface area contributed by atoms with Crippen LogP contribution in [0.25, 0.3) is 0 Å². The van der Waals surface area contributed by atoms with E-state index in [0.717, 1.165) is 6.54 Å². The van der Waals surface area contributed by atoms with Gasteiger partial charge in [0.2, 0.25) is 0 Å². The van der Waals surface area contributed by atoms with E-state index >= 15 is 0 Å². The minimum Gasteiger partial charge on any atom is -0.382 e. The molecule has 1 atom stereocenters. The Bertz CT molecular complexity index is 303. The third-order valence-electron chi connectivity index (χ3n) is 2.95. The molecule has 1 N–H and O–H groups in total. The van der Waals surface area contributed by atoms with Gasteiger partial charge in [-0.2, -0.15) is 0 Å². The molecule has 0 fully saturated rings. The maximum Gasteiger partial charge on any atom is 0.0342 e. The SMILES string of the molecule is CCCC(CC)Nc1ccc(CN(C)C)cc1. The zero-order chi connectivity index (χ0) is 12.7. The molecular formula is C15H26N2. The molecule has 1 aromatic carbocycles. The molecule has 1 aromatic rings. The van der Waals surface area contributed by atoms with Crippen LogP contribution in [0.2, 0.25) is 0 Å². The predicted molar refractivity (Wildman–Crippen MR) is 76.4 cm³/mol. The average molecular weight is 234 g/mol. The van der Waals surface area contributed by atoms with Gasteiger partial charge in [0.05, 0.1) is 0 Å². The molecule has 2 nitrogen and oxygen atoms in total. The van der Waals surface area contributed by atoms with Gasteiger partial charge in [-0.3, -0.25) is 0 Å². The highest BCUT2D eigenvalue weighted by molar-refractivity contribution is 5.45. The highest BCUT2D eigenvalue weighted by Gasteiger charge is 2.04. The highest BCUT2D eigenvalue weighted by atomic mass is 15.0. The second kappa shape index (κ2) is 7.33. The lowest BCUT2D eigenvalue weighted by molar-refractivity contribution is 0.402. The van der Waals surface area contributed by atoms with E-state index in [1.54, 1.807) is 0 Å². The van der Waals surface area contributed by atoms with E-state index in [2.05, 4.69) is 62.4 Å². The molecule has 0 aromatic heterocycles. The van der Waals surface area contributed by atoms with Gasteiger partial charge in [-0.25, -0.2) is 0 Å². The van der Waals surface area contributed by atoms with Gasteiger partial charge in [-0.15, -0.1) is 0 Å². The fourth-order valence-corrected chi connectivity index (χ4v) is 2.03. The maximum absolute atomic E-state index is 3.60. The molecule has 0 radical (unpaired) electrons. The first-order valence-corrected chi connectivity index (χ1v) is 6.65. The Labute approximate surface area is 106 Å². The lowest BCUT2D eigenvalue weighted by Gasteiger charge is -2.18. The Morgan fingerprint density at radius 3 is 2.24 bits per heavy atom. The van der Waals surface area contributed by atoms with Crippen LogP contribution in [0.5, 0.6) is 0 Å². The predicted octanol–water partition coefficient (Wildman–Crippen LogP) is 3.74. The summed E-state index contributed by atoms with van der Waals surface area (Å²) >= 11 is 0. The Morgan fingerprint density at radius 2 is 1.76 bits per heavy atom. The molecule has 1 rings (SSSR count). The van der Waals surface area contributed by atoms with Crippen LogP contribution < -0.4 is 5.32 Å². The molecule has 96 valence electrons. The summed E-state index contributed by atoms with van der Waals surface area (Å²) < 4.78 is 0. The molecule has 0 heterocycles. The summed E-state index contributed by atoms with van der Waals surface area (Å²) in [5.74, 6) is 0. The molecule has 2 heteroatoms. The molecule has 0 saturated carbocycles. The van der Waals surface area contributed by atoms with E-state index in [1.165, 1.54) is 30.5 Å². The van der Waals surface area contributed by atoms with Crippen molar-refractivity contribution in [3.63, 3.8) is 0 Å². The fraction of sp³-hybridized carbons (Fsp3) is 0.600. The van der Waals surface area contributed by atoms with Gasteiger partial charge >= 0.3 is 0 Å². The number of benzene rings is 1. The van der Waals surface area contributed by atoms with Crippen LogP contribution in [0.4, 0.5) is 5.69 Å². The van der Waals surface area contributed by atoms with Crippen LogP contribution in [0.3, 0.4) is 0 Å². The number of anilines is 1. The molecule has 0 aliphatic carbocycles. The van der Waals surface area contributed by atoms with Crippen LogP contribution in [0, 0.1) is 0 Å². The maximum atomic E-state index is 3.60. The van der Waals surface area contributed by atoms with Crippen molar-refractivity contribution in [3.05, 3.63) is 29.8 Å². The topological polar surface area (TPSA) is 15.3 Å². The summed E-state index contributed by atoms with van der Waals surface area (Å²) in [6.45, 7) is 5.49. The van der Waals surface area contributed by atoms with Crippen molar-refractivity contribution in [2.75, 3.05) is 19.4 Å². The van der Waals surface area contributed by atoms with Crippen molar-refractivity contribution >= 4 is 5.69 Å². The van der Waals surface area contributed by atoms with E-state index in [9.17, 15) is 0 Å². The van der Waals surface area contributed by atoms with E-state index in [1.807, 2.05) is 0 Å². The monoisotopic (exact) mass is 234 g/mol. The highest BCUT2D eigenvalue weighted by Crippen LogP contribution is 2.14. The summed E-state index contributed by atoms with van der Waals surface area (Å²) in [5.41, 5.74) is 2.61. The van der Waals surface area contributed by atoms with E-state index in [4.69, 9.17) is 0 Å². The smallest absolute Gasteiger partial charge is 0.0342 e. The summed E-state index contributed by atoms with van der Waals surface area (Å²) in [4.78, 5) is 2.19. The van der Waals surface area contributed by atoms with Gasteiger partial charge in [-0.05, 0) is 44.6 Å². The van der Waals surface area contributed by atoms with Crippen LogP contribution in [0.15, 0.2) is 24.3 Å². The number of nitrogens with zero attached hydrogens (tertiary/aromatic N) is 1. The molecule has 0 aliphatic heterocycles. The number of hydrogen-bond acceptors (Lipinski definition) is 2. The van der Waals surface area contributed by atoms with Crippen molar-refractivity contribution in [1.29, 1.82) is 0 Å². The lowest BCUT2D eigenvalue weighted by Crippen LogP contribution is -2.18. The first-order chi connectivity index (χ1) is 8.15. The third-order valence-corrected chi connectivity index (χ3v) is 2.95. The quantitative estimate of drug-likeness (QED) is 0.773. The number of nitrogens with one attached hydrogen (secondary N) is 1. The fourth-order valence-electron chi connectivity index (χ4n) is 2.03. The molecular weight excluding hydrogens is 208 g/mol. The summed E-state index contributed by atoms with van der Waals surface area (Å²) in [6.07, 6.45) is 3.67. The number of rotatable bonds is 7. The summed E-state index contributed by atoms with van der Waals surface area (Å²) in [5, 5.41) is 3.60. The van der Waals surface area contributed by atoms with E-state index in [0.29, 0.717) is 6.04 Å². The van der Waals surface area contributed by atoms with Gasteiger partial charge in [-0.1, -0.05) is 32.4 Å². The Morgan fingerprint density at radius 1 is 1.12 bits per heavy atom. The molecule has 0 bridgehead atoms. The minimum atomic E-state index is 0.611. The zero-order valence-corrected chi connectivity index (χ0v) is 11.7. The van der Waals surface area contributed by atoms with Gasteiger partial charge in [0.25, 0.3) is 0 Å². The van der Waals surface area contributed by atoms with Crippen LogP contribution in [-0.4, -0.2) is 25.0 Å². The third kappa shape index (κ3) is 5.22. The largest absolute Gasteiger partial charge is 0.382 e. The van der Waals surface area contributed by atoms with Crippen molar-refractivity contribution in [1.82, 2.24) is 4.90 Å². The lowest BCUT2D eigenvalue weighted by atomic mass is 10.1.